The lowest BCUT2D eigenvalue weighted by atomic mass is 10.1. The van der Waals surface area contributed by atoms with Gasteiger partial charge in [-0.2, -0.15) is 5.26 Å². The Morgan fingerprint density at radius 1 is 1.14 bits per heavy atom. The van der Waals surface area contributed by atoms with E-state index in [0.717, 1.165) is 4.31 Å². The summed E-state index contributed by atoms with van der Waals surface area (Å²) in [4.78, 5) is 0.0919. The molecule has 2 aromatic rings. The molecule has 0 unspecified atom stereocenters. The van der Waals surface area contributed by atoms with Gasteiger partial charge >= 0.3 is 0 Å². The van der Waals surface area contributed by atoms with Crippen molar-refractivity contribution in [2.45, 2.75) is 38.4 Å². The topological polar surface area (TPSA) is 99.9 Å². The number of anilines is 1. The summed E-state index contributed by atoms with van der Waals surface area (Å²) >= 11 is 0. The van der Waals surface area contributed by atoms with Gasteiger partial charge in [0.2, 0.25) is 0 Å². The molecule has 2 aromatic carbocycles. The molecule has 0 aromatic heterocycles. The van der Waals surface area contributed by atoms with Gasteiger partial charge in [-0.1, -0.05) is 18.2 Å². The molecule has 0 saturated carbocycles. The van der Waals surface area contributed by atoms with E-state index in [1.165, 1.54) is 24.3 Å². The highest BCUT2D eigenvalue weighted by Gasteiger charge is 2.29. The van der Waals surface area contributed by atoms with Crippen LogP contribution in [0.3, 0.4) is 0 Å². The summed E-state index contributed by atoms with van der Waals surface area (Å²) in [6, 6.07) is 12.8. The van der Waals surface area contributed by atoms with Crippen molar-refractivity contribution in [3.63, 3.8) is 0 Å². The van der Waals surface area contributed by atoms with Crippen LogP contribution in [0.5, 0.6) is 5.75 Å². The molecule has 0 bridgehead atoms. The molecule has 0 aliphatic rings. The Labute approximate surface area is 172 Å². The van der Waals surface area contributed by atoms with E-state index in [0.29, 0.717) is 18.8 Å². The van der Waals surface area contributed by atoms with Crippen LogP contribution in [0, 0.1) is 18.3 Å². The van der Waals surface area contributed by atoms with E-state index in [9.17, 15) is 18.8 Å². The first-order valence-electron chi connectivity index (χ1n) is 9.39. The third kappa shape index (κ3) is 5.48. The first-order valence-corrected chi connectivity index (χ1v) is 10.8. The maximum absolute atomic E-state index is 13.4. The Hall–Kier alpha value is -2.60. The highest BCUT2D eigenvalue weighted by atomic mass is 32.2. The molecule has 29 heavy (non-hydrogen) atoms. The number of sulfonamides is 1. The Morgan fingerprint density at radius 3 is 2.31 bits per heavy atom. The van der Waals surface area contributed by atoms with Crippen molar-refractivity contribution in [3.8, 4) is 11.8 Å². The van der Waals surface area contributed by atoms with Crippen molar-refractivity contribution < 1.29 is 23.0 Å². The number of phenols is 1. The average Bonchev–Trinajstić information content (AvgIpc) is 2.68. The van der Waals surface area contributed by atoms with Gasteiger partial charge in [-0.15, -0.1) is 0 Å². The number of nitriles is 1. The zero-order valence-corrected chi connectivity index (χ0v) is 17.6. The highest BCUT2D eigenvalue weighted by Crippen LogP contribution is 2.32. The zero-order chi connectivity index (χ0) is 21.4. The molecule has 7 nitrogen and oxygen atoms in total. The Balaban J connectivity index is 2.54. The molecule has 0 aliphatic carbocycles. The molecule has 1 N–H and O–H groups in total. The molecule has 0 spiro atoms. The number of nitrogens with zero attached hydrogens (tertiary/aromatic N) is 2. The molecule has 0 amide bonds. The summed E-state index contributed by atoms with van der Waals surface area (Å²) < 4.78 is 39.0. The minimum atomic E-state index is -3.99. The second-order valence-corrected chi connectivity index (χ2v) is 8.15. The zero-order valence-electron chi connectivity index (χ0n) is 16.8. The molecule has 0 atom stereocenters. The largest absolute Gasteiger partial charge is 0.508 e. The molecule has 0 aliphatic heterocycles. The smallest absolute Gasteiger partial charge is 0.264 e. The summed E-state index contributed by atoms with van der Waals surface area (Å²) in [5.41, 5.74) is 0.800. The second kappa shape index (κ2) is 10.3. The van der Waals surface area contributed by atoms with Gasteiger partial charge in [-0.3, -0.25) is 4.31 Å². The standard InChI is InChI=1S/C21H26N2O5S/c1-4-27-21(28-5-2)11-12-23(29(25,26)18-9-7-6-8-10-18)20-14-17(24)13-16(3)19(20)15-22/h6-10,13-14,21,24H,4-5,11-12H2,1-3H3. The molecule has 2 rings (SSSR count). The Morgan fingerprint density at radius 2 is 1.76 bits per heavy atom. The molecule has 8 heteroatoms. The lowest BCUT2D eigenvalue weighted by Crippen LogP contribution is -2.35. The minimum absolute atomic E-state index is 0.0134. The summed E-state index contributed by atoms with van der Waals surface area (Å²) in [6.07, 6.45) is -0.324. The fourth-order valence-electron chi connectivity index (χ4n) is 2.99. The first-order chi connectivity index (χ1) is 13.8. The summed E-state index contributed by atoms with van der Waals surface area (Å²) in [5, 5.41) is 19.7. The van der Waals surface area contributed by atoms with Crippen molar-refractivity contribution in [2.24, 2.45) is 0 Å². The lowest BCUT2D eigenvalue weighted by Gasteiger charge is -2.28. The Bertz CT molecular complexity index is 949. The maximum Gasteiger partial charge on any atom is 0.264 e. The SMILES string of the molecule is CCOC(CCN(c1cc(O)cc(C)c1C#N)S(=O)(=O)c1ccccc1)OCC. The van der Waals surface area contributed by atoms with Crippen LogP contribution in [0.1, 0.15) is 31.4 Å². The lowest BCUT2D eigenvalue weighted by molar-refractivity contribution is -0.137. The van der Waals surface area contributed by atoms with E-state index in [-0.39, 0.29) is 34.9 Å². The summed E-state index contributed by atoms with van der Waals surface area (Å²) in [7, 11) is -3.99. The molecule has 0 fully saturated rings. The van der Waals surface area contributed by atoms with Gasteiger partial charge in [0.05, 0.1) is 16.1 Å². The van der Waals surface area contributed by atoms with Gasteiger partial charge in [-0.05, 0) is 44.5 Å². The van der Waals surface area contributed by atoms with Gasteiger partial charge in [-0.25, -0.2) is 8.42 Å². The van der Waals surface area contributed by atoms with Gasteiger partial charge in [0.1, 0.15) is 11.8 Å². The monoisotopic (exact) mass is 418 g/mol. The number of aromatic hydroxyl groups is 1. The minimum Gasteiger partial charge on any atom is -0.508 e. The van der Waals surface area contributed by atoms with E-state index < -0.39 is 16.3 Å². The van der Waals surface area contributed by atoms with Crippen LogP contribution in [0.25, 0.3) is 0 Å². The van der Waals surface area contributed by atoms with Crippen LogP contribution < -0.4 is 4.31 Å². The van der Waals surface area contributed by atoms with Crippen molar-refractivity contribution in [1.29, 1.82) is 5.26 Å². The highest BCUT2D eigenvalue weighted by molar-refractivity contribution is 7.92. The van der Waals surface area contributed by atoms with E-state index in [2.05, 4.69) is 6.07 Å². The van der Waals surface area contributed by atoms with Gasteiger partial charge < -0.3 is 14.6 Å². The summed E-state index contributed by atoms with van der Waals surface area (Å²) in [6.45, 7) is 6.17. The Kier molecular flexibility index (Phi) is 8.02. The molecule has 0 saturated heterocycles. The number of phenolic OH excluding ortho intramolecular Hbond substituents is 1. The predicted molar refractivity (Wildman–Crippen MR) is 110 cm³/mol. The molecular weight excluding hydrogens is 392 g/mol. The predicted octanol–water partition coefficient (Wildman–Crippen LogP) is 3.56. The first kappa shape index (κ1) is 22.7. The van der Waals surface area contributed by atoms with Crippen LogP contribution in [-0.4, -0.2) is 39.6 Å². The van der Waals surface area contributed by atoms with Crippen LogP contribution in [0.2, 0.25) is 0 Å². The maximum atomic E-state index is 13.4. The quantitative estimate of drug-likeness (QED) is 0.592. The van der Waals surface area contributed by atoms with Gasteiger partial charge in [0.15, 0.2) is 6.29 Å². The van der Waals surface area contributed by atoms with Crippen molar-refractivity contribution in [3.05, 3.63) is 53.6 Å². The van der Waals surface area contributed by atoms with E-state index in [4.69, 9.17) is 9.47 Å². The van der Waals surface area contributed by atoms with Crippen LogP contribution >= 0.6 is 0 Å². The normalized spacial score (nSPS) is 11.4. The van der Waals surface area contributed by atoms with Crippen LogP contribution in [0.15, 0.2) is 47.4 Å². The molecule has 0 heterocycles. The number of aryl methyl sites for hydroxylation is 1. The fraction of sp³-hybridized carbons (Fsp3) is 0.381. The van der Waals surface area contributed by atoms with E-state index in [1.807, 2.05) is 13.8 Å². The average molecular weight is 419 g/mol. The number of benzene rings is 2. The van der Waals surface area contributed by atoms with Crippen molar-refractivity contribution >= 4 is 15.7 Å². The van der Waals surface area contributed by atoms with Gasteiger partial charge in [0, 0.05) is 32.2 Å². The van der Waals surface area contributed by atoms with E-state index >= 15 is 0 Å². The van der Waals surface area contributed by atoms with Gasteiger partial charge in [0.25, 0.3) is 10.0 Å². The second-order valence-electron chi connectivity index (χ2n) is 6.29. The third-order valence-electron chi connectivity index (χ3n) is 4.28. The van der Waals surface area contributed by atoms with E-state index in [1.54, 1.807) is 25.1 Å². The van der Waals surface area contributed by atoms with Crippen LogP contribution in [-0.2, 0) is 19.5 Å². The van der Waals surface area contributed by atoms with Crippen molar-refractivity contribution in [1.82, 2.24) is 0 Å². The number of hydrogen-bond donors (Lipinski definition) is 1. The number of hydrogen-bond acceptors (Lipinski definition) is 6. The number of ether oxygens (including phenoxy) is 2. The number of rotatable bonds is 10. The van der Waals surface area contributed by atoms with Crippen molar-refractivity contribution in [2.75, 3.05) is 24.1 Å². The third-order valence-corrected chi connectivity index (χ3v) is 6.11. The fourth-order valence-corrected chi connectivity index (χ4v) is 4.50. The molecule has 156 valence electrons. The summed E-state index contributed by atoms with van der Waals surface area (Å²) in [5.74, 6) is -0.115. The molecular formula is C21H26N2O5S. The molecule has 0 radical (unpaired) electrons. The van der Waals surface area contributed by atoms with Crippen LogP contribution in [0.4, 0.5) is 5.69 Å².